The van der Waals surface area contributed by atoms with Crippen molar-refractivity contribution in [1.29, 1.82) is 0 Å². The van der Waals surface area contributed by atoms with Crippen molar-refractivity contribution in [3.63, 3.8) is 0 Å². The van der Waals surface area contributed by atoms with Gasteiger partial charge in [-0.1, -0.05) is 6.07 Å². The van der Waals surface area contributed by atoms with E-state index < -0.39 is 0 Å². The number of cyclic esters (lactones) is 1. The van der Waals surface area contributed by atoms with Crippen LogP contribution in [0.15, 0.2) is 30.3 Å². The van der Waals surface area contributed by atoms with Crippen molar-refractivity contribution in [3.05, 3.63) is 47.0 Å². The number of ether oxygens (including phenoxy) is 5. The van der Waals surface area contributed by atoms with Crippen molar-refractivity contribution in [3.8, 4) is 23.0 Å². The molecule has 1 aliphatic carbocycles. The monoisotopic (exact) mass is 384 g/mol. The number of carbonyl (C=O) groups excluding carboxylic acids is 1. The van der Waals surface area contributed by atoms with Crippen LogP contribution >= 0.6 is 0 Å². The lowest BCUT2D eigenvalue weighted by Gasteiger charge is -2.34. The van der Waals surface area contributed by atoms with Gasteiger partial charge >= 0.3 is 5.97 Å². The van der Waals surface area contributed by atoms with Crippen molar-refractivity contribution >= 4 is 5.97 Å². The summed E-state index contributed by atoms with van der Waals surface area (Å²) in [4.78, 5) is 12.6. The van der Waals surface area contributed by atoms with Gasteiger partial charge in [-0.25, -0.2) is 0 Å². The molecular formula is C22H24O6. The maximum atomic E-state index is 12.6. The number of rotatable bonds is 5. The van der Waals surface area contributed by atoms with Gasteiger partial charge in [-0.3, -0.25) is 4.79 Å². The molecule has 2 aromatic rings. The van der Waals surface area contributed by atoms with E-state index in [2.05, 4.69) is 0 Å². The maximum absolute atomic E-state index is 12.6. The van der Waals surface area contributed by atoms with Gasteiger partial charge in [0, 0.05) is 11.8 Å². The molecule has 1 saturated heterocycles. The first-order chi connectivity index (χ1) is 13.6. The fraction of sp³-hybridized carbons (Fsp3) is 0.409. The zero-order valence-electron chi connectivity index (χ0n) is 16.5. The number of carbonyl (C=O) groups is 1. The van der Waals surface area contributed by atoms with Gasteiger partial charge in [-0.15, -0.1) is 0 Å². The summed E-state index contributed by atoms with van der Waals surface area (Å²) in [5.41, 5.74) is 3.20. The Morgan fingerprint density at radius 3 is 2.18 bits per heavy atom. The van der Waals surface area contributed by atoms with Gasteiger partial charge in [0.15, 0.2) is 23.0 Å². The Morgan fingerprint density at radius 1 is 0.857 bits per heavy atom. The molecule has 0 aromatic heterocycles. The molecule has 3 atom stereocenters. The molecule has 0 bridgehead atoms. The molecule has 0 N–H and O–H groups in total. The lowest BCUT2D eigenvalue weighted by molar-refractivity contribution is -0.141. The lowest BCUT2D eigenvalue weighted by Crippen LogP contribution is -2.31. The summed E-state index contributed by atoms with van der Waals surface area (Å²) in [5.74, 6) is 2.23. The second-order valence-electron chi connectivity index (χ2n) is 7.12. The molecule has 2 aliphatic rings. The summed E-state index contributed by atoms with van der Waals surface area (Å²) in [6.07, 6.45) is 0.774. The minimum atomic E-state index is -0.233. The first kappa shape index (κ1) is 18.5. The summed E-state index contributed by atoms with van der Waals surface area (Å²) in [6, 6.07) is 9.80. The fourth-order valence-electron chi connectivity index (χ4n) is 4.49. The maximum Gasteiger partial charge on any atom is 0.310 e. The van der Waals surface area contributed by atoms with Crippen LogP contribution < -0.4 is 18.9 Å². The van der Waals surface area contributed by atoms with E-state index in [1.807, 2.05) is 30.3 Å². The first-order valence-corrected chi connectivity index (χ1v) is 9.24. The number of hydrogen-bond donors (Lipinski definition) is 0. The van der Waals surface area contributed by atoms with Crippen LogP contribution in [0.2, 0.25) is 0 Å². The lowest BCUT2D eigenvalue weighted by atomic mass is 9.67. The number of methoxy groups -OCH3 is 4. The molecule has 6 heteroatoms. The smallest absolute Gasteiger partial charge is 0.310 e. The third kappa shape index (κ3) is 2.84. The van der Waals surface area contributed by atoms with E-state index in [1.165, 1.54) is 0 Å². The van der Waals surface area contributed by atoms with E-state index in [1.54, 1.807) is 28.4 Å². The molecule has 0 unspecified atom stereocenters. The Kier molecular flexibility index (Phi) is 4.79. The molecular weight excluding hydrogens is 360 g/mol. The number of hydrogen-bond acceptors (Lipinski definition) is 6. The van der Waals surface area contributed by atoms with E-state index >= 15 is 0 Å². The van der Waals surface area contributed by atoms with E-state index in [4.69, 9.17) is 23.7 Å². The molecule has 1 heterocycles. The Hall–Kier alpha value is -2.89. The van der Waals surface area contributed by atoms with Gasteiger partial charge in [0.2, 0.25) is 0 Å². The highest BCUT2D eigenvalue weighted by Crippen LogP contribution is 2.50. The average Bonchev–Trinajstić information content (AvgIpc) is 3.10. The predicted molar refractivity (Wildman–Crippen MR) is 103 cm³/mol. The van der Waals surface area contributed by atoms with E-state index in [-0.39, 0.29) is 23.7 Å². The largest absolute Gasteiger partial charge is 0.493 e. The summed E-state index contributed by atoms with van der Waals surface area (Å²) in [7, 11) is 6.46. The summed E-state index contributed by atoms with van der Waals surface area (Å²) in [6.45, 7) is 0.446. The van der Waals surface area contributed by atoms with Crippen molar-refractivity contribution in [1.82, 2.24) is 0 Å². The number of esters is 1. The van der Waals surface area contributed by atoms with Crippen molar-refractivity contribution < 1.29 is 28.5 Å². The molecule has 28 heavy (non-hydrogen) atoms. The van der Waals surface area contributed by atoms with Crippen LogP contribution in [-0.2, 0) is 16.0 Å². The Labute approximate surface area is 164 Å². The molecule has 4 rings (SSSR count). The minimum absolute atomic E-state index is 0.135. The molecule has 6 nitrogen and oxygen atoms in total. The van der Waals surface area contributed by atoms with Crippen LogP contribution in [0.25, 0.3) is 0 Å². The fourth-order valence-corrected chi connectivity index (χ4v) is 4.49. The molecule has 0 saturated carbocycles. The van der Waals surface area contributed by atoms with Crippen LogP contribution in [0.4, 0.5) is 0 Å². The second kappa shape index (κ2) is 7.26. The topological polar surface area (TPSA) is 63.2 Å². The third-order valence-electron chi connectivity index (χ3n) is 5.81. The third-order valence-corrected chi connectivity index (χ3v) is 5.81. The molecule has 0 radical (unpaired) electrons. The van der Waals surface area contributed by atoms with Gasteiger partial charge in [-0.2, -0.15) is 0 Å². The van der Waals surface area contributed by atoms with Gasteiger partial charge < -0.3 is 23.7 Å². The molecule has 2 aromatic carbocycles. The highest BCUT2D eigenvalue weighted by Gasteiger charge is 2.47. The van der Waals surface area contributed by atoms with Crippen molar-refractivity contribution in [2.45, 2.75) is 12.3 Å². The minimum Gasteiger partial charge on any atom is -0.493 e. The molecule has 0 spiro atoms. The van der Waals surface area contributed by atoms with Crippen LogP contribution in [0.5, 0.6) is 23.0 Å². The summed E-state index contributed by atoms with van der Waals surface area (Å²) < 4.78 is 27.3. The predicted octanol–water partition coefficient (Wildman–Crippen LogP) is 3.20. The highest BCUT2D eigenvalue weighted by atomic mass is 16.5. The molecule has 148 valence electrons. The summed E-state index contributed by atoms with van der Waals surface area (Å²) in [5, 5.41) is 0. The zero-order valence-corrected chi connectivity index (χ0v) is 16.5. The van der Waals surface area contributed by atoms with Crippen LogP contribution in [0.1, 0.15) is 22.6 Å². The van der Waals surface area contributed by atoms with Gasteiger partial charge in [0.25, 0.3) is 0 Å². The normalized spacial score (nSPS) is 22.7. The van der Waals surface area contributed by atoms with E-state index in [0.717, 1.165) is 23.1 Å². The standard InChI is InChI=1S/C22H24O6/c1-24-16-6-5-12(8-17(16)25-2)20-15-10-19(27-4)18(26-3)9-13(15)7-14-11-28-22(23)21(14)20/h5-6,8-10,14,20-21H,7,11H2,1-4H3/t14-,20-,21-/m0/s1. The first-order valence-electron chi connectivity index (χ1n) is 9.24. The van der Waals surface area contributed by atoms with Crippen LogP contribution in [-0.4, -0.2) is 41.0 Å². The van der Waals surface area contributed by atoms with Crippen LogP contribution in [0.3, 0.4) is 0 Å². The Balaban J connectivity index is 1.90. The van der Waals surface area contributed by atoms with E-state index in [0.29, 0.717) is 29.6 Å². The summed E-state index contributed by atoms with van der Waals surface area (Å²) >= 11 is 0. The van der Waals surface area contributed by atoms with Crippen molar-refractivity contribution in [2.75, 3.05) is 35.0 Å². The van der Waals surface area contributed by atoms with Crippen molar-refractivity contribution in [2.24, 2.45) is 11.8 Å². The zero-order chi connectivity index (χ0) is 19.8. The SMILES string of the molecule is COc1ccc([C@H]2c3cc(OC)c(OC)cc3C[C@H]3COC(=O)[C@@H]32)cc1OC. The average molecular weight is 384 g/mol. The Morgan fingerprint density at radius 2 is 1.50 bits per heavy atom. The van der Waals surface area contributed by atoms with E-state index in [9.17, 15) is 4.79 Å². The molecule has 1 aliphatic heterocycles. The van der Waals surface area contributed by atoms with Gasteiger partial charge in [-0.05, 0) is 47.4 Å². The molecule has 0 amide bonds. The Bertz CT molecular complexity index is 906. The van der Waals surface area contributed by atoms with Crippen LogP contribution in [0, 0.1) is 11.8 Å². The van der Waals surface area contributed by atoms with Gasteiger partial charge in [0.1, 0.15) is 0 Å². The number of benzene rings is 2. The quantitative estimate of drug-likeness (QED) is 0.738. The molecule has 1 fully saturated rings. The second-order valence-corrected chi connectivity index (χ2v) is 7.12. The highest BCUT2D eigenvalue weighted by molar-refractivity contribution is 5.78. The number of fused-ring (bicyclic) bond motifs is 2. The van der Waals surface area contributed by atoms with Gasteiger partial charge in [0.05, 0.1) is 41.0 Å².